The van der Waals surface area contributed by atoms with Crippen LogP contribution in [0.25, 0.3) is 0 Å². The van der Waals surface area contributed by atoms with Gasteiger partial charge < -0.3 is 15.3 Å². The van der Waals surface area contributed by atoms with Gasteiger partial charge in [-0.1, -0.05) is 12.8 Å². The van der Waals surface area contributed by atoms with Gasteiger partial charge in [0.1, 0.15) is 6.04 Å². The van der Waals surface area contributed by atoms with Gasteiger partial charge in [-0.05, 0) is 0 Å². The largest absolute Gasteiger partial charge is 0.481 e. The minimum Gasteiger partial charge on any atom is -0.481 e. The van der Waals surface area contributed by atoms with Crippen LogP contribution in [0, 0.1) is 5.92 Å². The van der Waals surface area contributed by atoms with Crippen molar-refractivity contribution < 1.29 is 29.7 Å². The molecule has 0 aromatic carbocycles. The molecule has 0 heterocycles. The van der Waals surface area contributed by atoms with Crippen molar-refractivity contribution in [1.29, 1.82) is 0 Å². The van der Waals surface area contributed by atoms with E-state index in [4.69, 9.17) is 15.3 Å². The SMILES string of the molecule is O=C(O)CC(C(=O)O)C(NS)C(=O)O. The number of carboxylic acid groups (broad SMARTS) is 3. The van der Waals surface area contributed by atoms with E-state index in [1.165, 1.54) is 0 Å². The number of nitrogens with one attached hydrogen (secondary N) is 1. The average molecular weight is 223 g/mol. The van der Waals surface area contributed by atoms with Crippen molar-refractivity contribution in [2.45, 2.75) is 12.5 Å². The van der Waals surface area contributed by atoms with E-state index in [2.05, 4.69) is 12.8 Å². The van der Waals surface area contributed by atoms with Crippen LogP contribution < -0.4 is 4.72 Å². The van der Waals surface area contributed by atoms with Crippen LogP contribution in [0.1, 0.15) is 6.42 Å². The Hall–Kier alpha value is -1.28. The summed E-state index contributed by atoms with van der Waals surface area (Å²) in [4.78, 5) is 31.3. The van der Waals surface area contributed by atoms with Gasteiger partial charge in [0.15, 0.2) is 0 Å². The Morgan fingerprint density at radius 1 is 1.14 bits per heavy atom. The fourth-order valence-corrected chi connectivity index (χ4v) is 1.14. The molecule has 2 atom stereocenters. The first-order chi connectivity index (χ1) is 6.40. The van der Waals surface area contributed by atoms with Crippen molar-refractivity contribution >= 4 is 30.7 Å². The van der Waals surface area contributed by atoms with Gasteiger partial charge in [0.05, 0.1) is 12.3 Å². The summed E-state index contributed by atoms with van der Waals surface area (Å²) in [6.07, 6.45) is -0.778. The van der Waals surface area contributed by atoms with Crippen LogP contribution in [0.4, 0.5) is 0 Å². The Labute approximate surface area is 84.3 Å². The molecule has 0 fully saturated rings. The van der Waals surface area contributed by atoms with E-state index in [-0.39, 0.29) is 0 Å². The molecule has 0 spiro atoms. The lowest BCUT2D eigenvalue weighted by Crippen LogP contribution is -2.43. The van der Waals surface area contributed by atoms with E-state index in [9.17, 15) is 14.4 Å². The maximum atomic E-state index is 10.5. The first-order valence-electron chi connectivity index (χ1n) is 3.47. The summed E-state index contributed by atoms with van der Waals surface area (Å²) >= 11 is 3.42. The summed E-state index contributed by atoms with van der Waals surface area (Å²) in [5.74, 6) is -5.90. The second-order valence-electron chi connectivity index (χ2n) is 2.49. The van der Waals surface area contributed by atoms with Gasteiger partial charge in [-0.15, -0.1) is 0 Å². The maximum absolute atomic E-state index is 10.5. The fourth-order valence-electron chi connectivity index (χ4n) is 0.853. The number of carbonyl (C=O) groups is 3. The molecular weight excluding hydrogens is 214 g/mol. The number of carboxylic acids is 3. The average Bonchev–Trinajstić information content (AvgIpc) is 2.02. The van der Waals surface area contributed by atoms with E-state index >= 15 is 0 Å². The zero-order chi connectivity index (χ0) is 11.3. The van der Waals surface area contributed by atoms with E-state index in [0.717, 1.165) is 0 Å². The van der Waals surface area contributed by atoms with Gasteiger partial charge in [0.25, 0.3) is 0 Å². The quantitative estimate of drug-likeness (QED) is 0.368. The number of hydrogen-bond donors (Lipinski definition) is 5. The number of rotatable bonds is 6. The molecule has 7 nitrogen and oxygen atoms in total. The fraction of sp³-hybridized carbons (Fsp3) is 0.500. The third kappa shape index (κ3) is 3.62. The van der Waals surface area contributed by atoms with E-state index in [0.29, 0.717) is 0 Å². The summed E-state index contributed by atoms with van der Waals surface area (Å²) in [5, 5.41) is 25.5. The van der Waals surface area contributed by atoms with Crippen LogP contribution in [-0.2, 0) is 14.4 Å². The lowest BCUT2D eigenvalue weighted by atomic mass is 9.97. The Balaban J connectivity index is 4.69. The predicted molar refractivity (Wildman–Crippen MR) is 46.9 cm³/mol. The molecule has 0 saturated heterocycles. The third-order valence-electron chi connectivity index (χ3n) is 1.52. The normalized spacial score (nSPS) is 14.4. The molecular formula is C6H9NO6S. The molecule has 0 aromatic heterocycles. The van der Waals surface area contributed by atoms with Crippen molar-refractivity contribution in [3.63, 3.8) is 0 Å². The van der Waals surface area contributed by atoms with Crippen LogP contribution in [0.5, 0.6) is 0 Å². The highest BCUT2D eigenvalue weighted by Gasteiger charge is 2.34. The molecule has 0 saturated carbocycles. The van der Waals surface area contributed by atoms with Gasteiger partial charge in [-0.25, -0.2) is 0 Å². The second-order valence-corrected chi connectivity index (χ2v) is 2.75. The molecule has 0 aliphatic heterocycles. The molecule has 8 heteroatoms. The van der Waals surface area contributed by atoms with Crippen molar-refractivity contribution in [2.75, 3.05) is 0 Å². The lowest BCUT2D eigenvalue weighted by Gasteiger charge is -2.16. The zero-order valence-corrected chi connectivity index (χ0v) is 7.77. The first-order valence-corrected chi connectivity index (χ1v) is 3.92. The van der Waals surface area contributed by atoms with E-state index < -0.39 is 36.3 Å². The minimum atomic E-state index is -1.55. The number of hydrogen-bond acceptors (Lipinski definition) is 5. The first kappa shape index (κ1) is 12.7. The summed E-state index contributed by atoms with van der Waals surface area (Å²) < 4.78 is 1.94. The van der Waals surface area contributed by atoms with Gasteiger partial charge in [-0.3, -0.25) is 19.1 Å². The van der Waals surface area contributed by atoms with Crippen molar-refractivity contribution in [1.82, 2.24) is 4.72 Å². The Kier molecular flexibility index (Phi) is 4.95. The molecule has 0 amide bonds. The van der Waals surface area contributed by atoms with Gasteiger partial charge in [0.2, 0.25) is 0 Å². The second kappa shape index (κ2) is 5.45. The molecule has 0 radical (unpaired) electrons. The molecule has 0 bridgehead atoms. The van der Waals surface area contributed by atoms with Gasteiger partial charge >= 0.3 is 17.9 Å². The van der Waals surface area contributed by atoms with Crippen molar-refractivity contribution in [2.24, 2.45) is 5.92 Å². The summed E-state index contributed by atoms with van der Waals surface area (Å²) in [6.45, 7) is 0. The molecule has 4 N–H and O–H groups in total. The standard InChI is InChI=1S/C6H9NO6S/c8-3(9)1-2(5(10)11)4(7-14)6(12)13/h2,4,7,14H,1H2,(H,8,9)(H,10,11)(H,12,13). The number of thiol groups is 1. The molecule has 2 unspecified atom stereocenters. The van der Waals surface area contributed by atoms with Gasteiger partial charge in [0, 0.05) is 0 Å². The lowest BCUT2D eigenvalue weighted by molar-refractivity contribution is -0.154. The van der Waals surface area contributed by atoms with E-state index in [1.807, 2.05) is 4.72 Å². The smallest absolute Gasteiger partial charge is 0.322 e. The van der Waals surface area contributed by atoms with Crippen molar-refractivity contribution in [3.8, 4) is 0 Å². The van der Waals surface area contributed by atoms with Crippen LogP contribution in [0.3, 0.4) is 0 Å². The summed E-state index contributed by atoms with van der Waals surface area (Å²) in [5.41, 5.74) is 0. The minimum absolute atomic E-state index is 0.778. The van der Waals surface area contributed by atoms with E-state index in [1.54, 1.807) is 0 Å². The predicted octanol–water partition coefficient (Wildman–Crippen LogP) is -0.951. The zero-order valence-electron chi connectivity index (χ0n) is 6.88. The molecule has 0 rings (SSSR count). The summed E-state index contributed by atoms with van der Waals surface area (Å²) in [6, 6.07) is -1.54. The highest BCUT2D eigenvalue weighted by molar-refractivity contribution is 7.78. The highest BCUT2D eigenvalue weighted by Crippen LogP contribution is 2.10. The topological polar surface area (TPSA) is 124 Å². The van der Waals surface area contributed by atoms with Crippen LogP contribution in [0.15, 0.2) is 0 Å². The summed E-state index contributed by atoms with van der Waals surface area (Å²) in [7, 11) is 0. The Bertz CT molecular complexity index is 255. The van der Waals surface area contributed by atoms with Crippen LogP contribution in [-0.4, -0.2) is 39.3 Å². The number of aliphatic carboxylic acids is 3. The molecule has 0 aliphatic rings. The Morgan fingerprint density at radius 3 is 1.86 bits per heavy atom. The highest BCUT2D eigenvalue weighted by atomic mass is 32.1. The molecule has 80 valence electrons. The third-order valence-corrected chi connectivity index (χ3v) is 1.80. The molecule has 0 aliphatic carbocycles. The monoisotopic (exact) mass is 223 g/mol. The van der Waals surface area contributed by atoms with Crippen LogP contribution in [0.2, 0.25) is 0 Å². The van der Waals surface area contributed by atoms with Gasteiger partial charge in [-0.2, -0.15) is 0 Å². The Morgan fingerprint density at radius 2 is 1.64 bits per heavy atom. The molecule has 14 heavy (non-hydrogen) atoms. The molecule has 0 aromatic rings. The van der Waals surface area contributed by atoms with Crippen molar-refractivity contribution in [3.05, 3.63) is 0 Å². The van der Waals surface area contributed by atoms with Crippen LogP contribution >= 0.6 is 12.8 Å². The maximum Gasteiger partial charge on any atom is 0.322 e.